The first-order chi connectivity index (χ1) is 14.6. The van der Waals surface area contributed by atoms with Crippen molar-refractivity contribution < 1.29 is 18.7 Å². The fraction of sp³-hybridized carbons (Fsp3) is 0.250. The van der Waals surface area contributed by atoms with Gasteiger partial charge in [-0.15, -0.1) is 0 Å². The molecule has 0 unspecified atom stereocenters. The standard InChI is InChI=1S/C24H24FN3O3/c1-24(2)18(15-6-4-14(5-7-15)12-28(3)13-21(26)29)11-20(31-24)22-17-10-16(25)8-9-19(17)27-23(22)30/h4-11H,12-13H2,1-3H3,(H2,26,29)(H,27,30)/b22-20+. The minimum absolute atomic E-state index is 0.189. The predicted molar refractivity (Wildman–Crippen MR) is 117 cm³/mol. The van der Waals surface area contributed by atoms with E-state index in [1.807, 2.05) is 56.1 Å². The highest BCUT2D eigenvalue weighted by molar-refractivity contribution is 6.32. The third-order valence-corrected chi connectivity index (χ3v) is 5.40. The molecule has 2 heterocycles. The number of carbonyl (C=O) groups is 2. The molecule has 6 nitrogen and oxygen atoms in total. The number of rotatable bonds is 5. The number of hydrogen-bond acceptors (Lipinski definition) is 4. The van der Waals surface area contributed by atoms with Gasteiger partial charge in [0.25, 0.3) is 5.91 Å². The van der Waals surface area contributed by atoms with Crippen LogP contribution in [0, 0.1) is 5.82 Å². The van der Waals surface area contributed by atoms with Crippen LogP contribution in [-0.2, 0) is 20.9 Å². The van der Waals surface area contributed by atoms with Crippen LogP contribution in [0.3, 0.4) is 0 Å². The van der Waals surface area contributed by atoms with Crippen LogP contribution in [0.1, 0.15) is 30.5 Å². The molecule has 7 heteroatoms. The second kappa shape index (κ2) is 7.67. The first-order valence-corrected chi connectivity index (χ1v) is 9.97. The molecule has 4 rings (SSSR count). The molecule has 0 fully saturated rings. The van der Waals surface area contributed by atoms with E-state index in [4.69, 9.17) is 10.5 Å². The van der Waals surface area contributed by atoms with Crippen LogP contribution in [-0.4, -0.2) is 35.9 Å². The molecule has 2 aliphatic rings. The van der Waals surface area contributed by atoms with E-state index in [9.17, 15) is 14.0 Å². The summed E-state index contributed by atoms with van der Waals surface area (Å²) in [5, 5.41) is 2.76. The molecule has 2 aromatic rings. The Bertz CT molecular complexity index is 1130. The van der Waals surface area contributed by atoms with Crippen LogP contribution in [0.4, 0.5) is 10.1 Å². The molecule has 0 aromatic heterocycles. The van der Waals surface area contributed by atoms with Gasteiger partial charge in [0.05, 0.1) is 12.1 Å². The number of anilines is 1. The monoisotopic (exact) mass is 421 g/mol. The van der Waals surface area contributed by atoms with Gasteiger partial charge in [-0.25, -0.2) is 4.39 Å². The topological polar surface area (TPSA) is 84.7 Å². The number of likely N-dealkylation sites (N-methyl/N-ethyl adjacent to an activating group) is 1. The Morgan fingerprint density at radius 2 is 1.90 bits per heavy atom. The number of allylic oxidation sites excluding steroid dienone is 1. The zero-order chi connectivity index (χ0) is 22.3. The maximum Gasteiger partial charge on any atom is 0.260 e. The summed E-state index contributed by atoms with van der Waals surface area (Å²) >= 11 is 0. The van der Waals surface area contributed by atoms with E-state index in [0.717, 1.165) is 16.7 Å². The minimum Gasteiger partial charge on any atom is -0.482 e. The van der Waals surface area contributed by atoms with Crippen LogP contribution in [0.2, 0.25) is 0 Å². The number of carbonyl (C=O) groups excluding carboxylic acids is 2. The van der Waals surface area contributed by atoms with Crippen molar-refractivity contribution in [2.24, 2.45) is 5.73 Å². The van der Waals surface area contributed by atoms with Gasteiger partial charge in [-0.1, -0.05) is 24.3 Å². The number of benzene rings is 2. The van der Waals surface area contributed by atoms with Gasteiger partial charge in [-0.3, -0.25) is 14.5 Å². The molecule has 2 amide bonds. The van der Waals surface area contributed by atoms with E-state index >= 15 is 0 Å². The van der Waals surface area contributed by atoms with Crippen LogP contribution in [0.15, 0.2) is 54.3 Å². The molecule has 0 aliphatic carbocycles. The fourth-order valence-corrected chi connectivity index (χ4v) is 4.03. The molecule has 0 radical (unpaired) electrons. The van der Waals surface area contributed by atoms with Gasteiger partial charge in [0.2, 0.25) is 5.91 Å². The van der Waals surface area contributed by atoms with Crippen LogP contribution in [0.25, 0.3) is 11.1 Å². The van der Waals surface area contributed by atoms with Crippen molar-refractivity contribution in [3.63, 3.8) is 0 Å². The summed E-state index contributed by atoms with van der Waals surface area (Å²) in [6.07, 6.45) is 1.85. The highest BCUT2D eigenvalue weighted by atomic mass is 19.1. The van der Waals surface area contributed by atoms with E-state index in [1.165, 1.54) is 12.1 Å². The number of nitrogens with zero attached hydrogens (tertiary/aromatic N) is 1. The zero-order valence-electron chi connectivity index (χ0n) is 17.7. The fourth-order valence-electron chi connectivity index (χ4n) is 4.03. The Labute approximate surface area is 180 Å². The van der Waals surface area contributed by atoms with Gasteiger partial charge < -0.3 is 15.8 Å². The number of nitrogens with one attached hydrogen (secondary N) is 1. The molecule has 2 aromatic carbocycles. The van der Waals surface area contributed by atoms with Crippen molar-refractivity contribution in [1.29, 1.82) is 0 Å². The molecule has 31 heavy (non-hydrogen) atoms. The third kappa shape index (κ3) is 4.09. The Hall–Kier alpha value is -3.45. The number of hydrogen-bond donors (Lipinski definition) is 2. The smallest absolute Gasteiger partial charge is 0.260 e. The summed E-state index contributed by atoms with van der Waals surface area (Å²) in [4.78, 5) is 25.5. The maximum absolute atomic E-state index is 13.8. The van der Waals surface area contributed by atoms with E-state index < -0.39 is 11.4 Å². The molecule has 160 valence electrons. The van der Waals surface area contributed by atoms with Gasteiger partial charge >= 0.3 is 0 Å². The molecular weight excluding hydrogens is 397 g/mol. The molecule has 0 bridgehead atoms. The van der Waals surface area contributed by atoms with E-state index in [1.54, 1.807) is 6.07 Å². The number of ether oxygens (including phenoxy) is 1. The first-order valence-electron chi connectivity index (χ1n) is 9.97. The van der Waals surface area contributed by atoms with E-state index in [2.05, 4.69) is 5.32 Å². The average molecular weight is 421 g/mol. The highest BCUT2D eigenvalue weighted by Gasteiger charge is 2.38. The second-order valence-electron chi connectivity index (χ2n) is 8.39. The summed E-state index contributed by atoms with van der Waals surface area (Å²) < 4.78 is 19.9. The summed E-state index contributed by atoms with van der Waals surface area (Å²) in [6, 6.07) is 12.2. The minimum atomic E-state index is -0.664. The van der Waals surface area contributed by atoms with Gasteiger partial charge in [0.1, 0.15) is 17.2 Å². The number of nitrogens with two attached hydrogens (primary N) is 1. The molecule has 3 N–H and O–H groups in total. The van der Waals surface area contributed by atoms with Gasteiger partial charge in [0, 0.05) is 23.4 Å². The normalized spacial score (nSPS) is 19.1. The zero-order valence-corrected chi connectivity index (χ0v) is 17.7. The van der Waals surface area contributed by atoms with Crippen molar-refractivity contribution in [3.8, 4) is 0 Å². The Morgan fingerprint density at radius 3 is 2.58 bits per heavy atom. The van der Waals surface area contributed by atoms with Crippen molar-refractivity contribution in [2.75, 3.05) is 18.9 Å². The van der Waals surface area contributed by atoms with Crippen molar-refractivity contribution >= 4 is 28.6 Å². The molecule has 0 atom stereocenters. The summed E-state index contributed by atoms with van der Waals surface area (Å²) in [7, 11) is 1.83. The molecule has 0 saturated carbocycles. The highest BCUT2D eigenvalue weighted by Crippen LogP contribution is 2.44. The Morgan fingerprint density at radius 1 is 1.19 bits per heavy atom. The molecular formula is C24H24FN3O3. The lowest BCUT2D eigenvalue weighted by Gasteiger charge is -2.24. The third-order valence-electron chi connectivity index (χ3n) is 5.40. The van der Waals surface area contributed by atoms with Crippen LogP contribution in [0.5, 0.6) is 0 Å². The average Bonchev–Trinajstić information content (AvgIpc) is 3.16. The molecule has 0 saturated heterocycles. The summed E-state index contributed by atoms with van der Waals surface area (Å²) in [5.41, 5.74) is 8.91. The molecule has 0 spiro atoms. The summed E-state index contributed by atoms with van der Waals surface area (Å²) in [6.45, 7) is 4.65. The second-order valence-corrected chi connectivity index (χ2v) is 8.39. The largest absolute Gasteiger partial charge is 0.482 e. The van der Waals surface area contributed by atoms with Crippen molar-refractivity contribution in [2.45, 2.75) is 26.0 Å². The molecule has 2 aliphatic heterocycles. The first kappa shape index (κ1) is 20.8. The predicted octanol–water partition coefficient (Wildman–Crippen LogP) is 3.30. The summed E-state index contributed by atoms with van der Waals surface area (Å²) in [5.74, 6) is -0.664. The van der Waals surface area contributed by atoms with Crippen LogP contribution >= 0.6 is 0 Å². The lowest BCUT2D eigenvalue weighted by Crippen LogP contribution is -2.30. The Balaban J connectivity index is 1.66. The van der Waals surface area contributed by atoms with Crippen molar-refractivity contribution in [1.82, 2.24) is 4.90 Å². The SMILES string of the molecule is CN(CC(N)=O)Cc1ccc(C2=C/C(=C3\C(=O)Nc4ccc(F)cc43)OC2(C)C)cc1. The number of halogens is 1. The quantitative estimate of drug-likeness (QED) is 0.726. The van der Waals surface area contributed by atoms with Gasteiger partial charge in [-0.2, -0.15) is 0 Å². The number of amides is 2. The van der Waals surface area contributed by atoms with Crippen LogP contribution < -0.4 is 11.1 Å². The maximum atomic E-state index is 13.8. The number of primary amides is 1. The lowest BCUT2D eigenvalue weighted by molar-refractivity contribution is -0.119. The van der Waals surface area contributed by atoms with E-state index in [-0.39, 0.29) is 18.4 Å². The van der Waals surface area contributed by atoms with Gasteiger partial charge in [0.15, 0.2) is 0 Å². The van der Waals surface area contributed by atoms with E-state index in [0.29, 0.717) is 29.1 Å². The Kier molecular flexibility index (Phi) is 5.15. The number of fused-ring (bicyclic) bond motifs is 1. The van der Waals surface area contributed by atoms with Crippen molar-refractivity contribution in [3.05, 3.63) is 76.8 Å². The lowest BCUT2D eigenvalue weighted by atomic mass is 9.91. The van der Waals surface area contributed by atoms with Gasteiger partial charge in [-0.05, 0) is 56.3 Å².